The van der Waals surface area contributed by atoms with Crippen molar-refractivity contribution in [1.82, 2.24) is 4.98 Å². The van der Waals surface area contributed by atoms with Crippen LogP contribution in [0.2, 0.25) is 0 Å². The van der Waals surface area contributed by atoms with Crippen molar-refractivity contribution in [3.05, 3.63) is 17.8 Å². The lowest BCUT2D eigenvalue weighted by Gasteiger charge is -2.19. The number of aromatic nitrogens is 1. The van der Waals surface area contributed by atoms with Crippen LogP contribution in [0.3, 0.4) is 0 Å². The number of hydrogen-bond acceptors (Lipinski definition) is 3. The molecule has 0 unspecified atom stereocenters. The Morgan fingerprint density at radius 2 is 2.15 bits per heavy atom. The lowest BCUT2D eigenvalue weighted by molar-refractivity contribution is 0.214. The maximum atomic E-state index is 13.6. The average molecular weight is 184 g/mol. The second kappa shape index (κ2) is 3.20. The van der Waals surface area contributed by atoms with Gasteiger partial charge in [0, 0.05) is 6.20 Å². The van der Waals surface area contributed by atoms with Crippen molar-refractivity contribution in [3.8, 4) is 5.75 Å². The Morgan fingerprint density at radius 1 is 1.54 bits per heavy atom. The fraction of sp³-hybridized carbons (Fsp3) is 0.444. The molecular formula is C9H13FN2O. The van der Waals surface area contributed by atoms with Crippen LogP contribution >= 0.6 is 0 Å². The van der Waals surface area contributed by atoms with Crippen LogP contribution in [0.5, 0.6) is 5.75 Å². The van der Waals surface area contributed by atoms with Crippen LogP contribution in [0.4, 0.5) is 10.2 Å². The number of nitrogens with zero attached hydrogens (tertiary/aromatic N) is 1. The molecule has 0 atom stereocenters. The Hall–Kier alpha value is -1.32. The molecule has 4 heteroatoms. The highest BCUT2D eigenvalue weighted by atomic mass is 19.1. The molecule has 0 bridgehead atoms. The first kappa shape index (κ1) is 9.77. The Morgan fingerprint density at radius 3 is 2.54 bits per heavy atom. The third-order valence-corrected chi connectivity index (χ3v) is 1.76. The zero-order valence-electron chi connectivity index (χ0n) is 7.97. The summed E-state index contributed by atoms with van der Waals surface area (Å²) in [6.07, 6.45) is 1.49. The van der Waals surface area contributed by atoms with Crippen LogP contribution in [-0.2, 0) is 5.67 Å². The third-order valence-electron chi connectivity index (χ3n) is 1.76. The molecule has 3 nitrogen and oxygen atoms in total. The molecule has 0 spiro atoms. The van der Waals surface area contributed by atoms with Crippen LogP contribution < -0.4 is 10.5 Å². The van der Waals surface area contributed by atoms with Crippen molar-refractivity contribution in [2.45, 2.75) is 19.5 Å². The molecule has 0 radical (unpaired) electrons. The van der Waals surface area contributed by atoms with Gasteiger partial charge >= 0.3 is 0 Å². The molecule has 72 valence electrons. The smallest absolute Gasteiger partial charge is 0.137 e. The molecule has 0 saturated carbocycles. The highest BCUT2D eigenvalue weighted by molar-refractivity contribution is 5.51. The number of ether oxygens (including phenoxy) is 1. The summed E-state index contributed by atoms with van der Waals surface area (Å²) in [5.74, 6) is 0.604. The molecule has 0 amide bonds. The average Bonchev–Trinajstić information content (AvgIpc) is 2.01. The van der Waals surface area contributed by atoms with Crippen molar-refractivity contribution in [2.24, 2.45) is 0 Å². The van der Waals surface area contributed by atoms with Crippen molar-refractivity contribution >= 4 is 5.82 Å². The predicted octanol–water partition coefficient (Wildman–Crippen LogP) is 1.88. The lowest BCUT2D eigenvalue weighted by atomic mass is 10.00. The minimum atomic E-state index is -1.54. The number of hydrogen-bond donors (Lipinski definition) is 1. The number of rotatable bonds is 2. The van der Waals surface area contributed by atoms with Gasteiger partial charge in [-0.1, -0.05) is 0 Å². The van der Waals surface area contributed by atoms with E-state index >= 15 is 0 Å². The van der Waals surface area contributed by atoms with E-state index in [9.17, 15) is 4.39 Å². The standard InChI is InChI=1S/C9H13FN2O/c1-9(2,10)7-6(13-3)4-5-12-8(7)11/h4-5H,1-3H3,(H2,11,12). The SMILES string of the molecule is COc1ccnc(N)c1C(C)(C)F. The van der Waals surface area contributed by atoms with Gasteiger partial charge in [-0.3, -0.25) is 0 Å². The summed E-state index contributed by atoms with van der Waals surface area (Å²) in [5.41, 5.74) is 4.32. The van der Waals surface area contributed by atoms with E-state index in [0.717, 1.165) is 0 Å². The van der Waals surface area contributed by atoms with Crippen LogP contribution in [-0.4, -0.2) is 12.1 Å². The van der Waals surface area contributed by atoms with Gasteiger partial charge in [-0.05, 0) is 19.9 Å². The quantitative estimate of drug-likeness (QED) is 0.763. The normalized spacial score (nSPS) is 11.4. The molecule has 1 rings (SSSR count). The summed E-state index contributed by atoms with van der Waals surface area (Å²) in [6.45, 7) is 2.84. The molecule has 2 N–H and O–H groups in total. The largest absolute Gasteiger partial charge is 0.496 e. The zero-order chi connectivity index (χ0) is 10.1. The maximum absolute atomic E-state index is 13.6. The van der Waals surface area contributed by atoms with E-state index in [-0.39, 0.29) is 5.82 Å². The number of pyridine rings is 1. The number of nitrogen functional groups attached to an aromatic ring is 1. The summed E-state index contributed by atoms with van der Waals surface area (Å²) >= 11 is 0. The molecule has 0 aliphatic carbocycles. The number of nitrogens with two attached hydrogens (primary N) is 1. The number of methoxy groups -OCH3 is 1. The maximum Gasteiger partial charge on any atom is 0.137 e. The molecule has 0 aromatic carbocycles. The topological polar surface area (TPSA) is 48.1 Å². The zero-order valence-corrected chi connectivity index (χ0v) is 7.97. The lowest BCUT2D eigenvalue weighted by Crippen LogP contribution is -2.14. The second-order valence-corrected chi connectivity index (χ2v) is 3.25. The van der Waals surface area contributed by atoms with Crippen molar-refractivity contribution in [2.75, 3.05) is 12.8 Å². The van der Waals surface area contributed by atoms with E-state index < -0.39 is 5.67 Å². The molecule has 0 saturated heterocycles. The van der Waals surface area contributed by atoms with Crippen LogP contribution in [0.1, 0.15) is 19.4 Å². The van der Waals surface area contributed by atoms with Crippen molar-refractivity contribution in [1.29, 1.82) is 0 Å². The molecule has 13 heavy (non-hydrogen) atoms. The summed E-state index contributed by atoms with van der Waals surface area (Å²) < 4.78 is 18.6. The van der Waals surface area contributed by atoms with Gasteiger partial charge in [0.15, 0.2) is 0 Å². The Kier molecular flexibility index (Phi) is 2.40. The fourth-order valence-corrected chi connectivity index (χ4v) is 1.23. The van der Waals surface area contributed by atoms with E-state index in [0.29, 0.717) is 11.3 Å². The van der Waals surface area contributed by atoms with Crippen LogP contribution in [0.25, 0.3) is 0 Å². The number of anilines is 1. The van der Waals surface area contributed by atoms with Gasteiger partial charge in [0.05, 0.1) is 12.7 Å². The van der Waals surface area contributed by atoms with Crippen molar-refractivity contribution < 1.29 is 9.13 Å². The molecule has 1 aromatic rings. The second-order valence-electron chi connectivity index (χ2n) is 3.25. The summed E-state index contributed by atoms with van der Waals surface area (Å²) in [5, 5.41) is 0. The third kappa shape index (κ3) is 1.88. The molecule has 1 heterocycles. The van der Waals surface area contributed by atoms with Gasteiger partial charge in [0.2, 0.25) is 0 Å². The fourth-order valence-electron chi connectivity index (χ4n) is 1.23. The summed E-state index contributed by atoms with van der Waals surface area (Å²) in [7, 11) is 1.48. The van der Waals surface area contributed by atoms with Gasteiger partial charge in [-0.15, -0.1) is 0 Å². The first-order valence-corrected chi connectivity index (χ1v) is 3.94. The molecule has 1 aromatic heterocycles. The van der Waals surface area contributed by atoms with E-state index in [1.807, 2.05) is 0 Å². The van der Waals surface area contributed by atoms with Crippen molar-refractivity contribution in [3.63, 3.8) is 0 Å². The molecule has 0 aliphatic rings. The highest BCUT2D eigenvalue weighted by Crippen LogP contribution is 2.35. The molecule has 0 aliphatic heterocycles. The van der Waals surface area contributed by atoms with E-state index in [4.69, 9.17) is 10.5 Å². The van der Waals surface area contributed by atoms with Gasteiger partial charge in [-0.2, -0.15) is 0 Å². The Labute approximate surface area is 76.7 Å². The summed E-state index contributed by atoms with van der Waals surface area (Å²) in [4.78, 5) is 3.81. The minimum Gasteiger partial charge on any atom is -0.496 e. The molecule has 0 fully saturated rings. The highest BCUT2D eigenvalue weighted by Gasteiger charge is 2.26. The number of halogens is 1. The monoisotopic (exact) mass is 184 g/mol. The minimum absolute atomic E-state index is 0.173. The first-order valence-electron chi connectivity index (χ1n) is 3.94. The van der Waals surface area contributed by atoms with Gasteiger partial charge in [-0.25, -0.2) is 9.37 Å². The van der Waals surface area contributed by atoms with Crippen LogP contribution in [0.15, 0.2) is 12.3 Å². The van der Waals surface area contributed by atoms with Gasteiger partial charge < -0.3 is 10.5 Å². The van der Waals surface area contributed by atoms with Crippen LogP contribution in [0, 0.1) is 0 Å². The first-order chi connectivity index (χ1) is 5.96. The Balaban J connectivity index is 3.32. The molecular weight excluding hydrogens is 171 g/mol. The summed E-state index contributed by atoms with van der Waals surface area (Å²) in [6, 6.07) is 1.59. The number of alkyl halides is 1. The van der Waals surface area contributed by atoms with Gasteiger partial charge in [0.1, 0.15) is 17.2 Å². The van der Waals surface area contributed by atoms with E-state index in [1.54, 1.807) is 6.07 Å². The predicted molar refractivity (Wildman–Crippen MR) is 49.3 cm³/mol. The Bertz CT molecular complexity index is 307. The van der Waals surface area contributed by atoms with E-state index in [1.165, 1.54) is 27.2 Å². The van der Waals surface area contributed by atoms with Gasteiger partial charge in [0.25, 0.3) is 0 Å². The van der Waals surface area contributed by atoms with E-state index in [2.05, 4.69) is 4.98 Å².